The van der Waals surface area contributed by atoms with E-state index in [9.17, 15) is 4.79 Å². The zero-order chi connectivity index (χ0) is 18.6. The van der Waals surface area contributed by atoms with Gasteiger partial charge in [0.25, 0.3) is 5.91 Å². The molecule has 138 valence electrons. The van der Waals surface area contributed by atoms with E-state index in [0.717, 1.165) is 18.5 Å². The van der Waals surface area contributed by atoms with E-state index in [-0.39, 0.29) is 11.3 Å². The van der Waals surface area contributed by atoms with Crippen LogP contribution in [0.3, 0.4) is 0 Å². The Labute approximate surface area is 149 Å². The van der Waals surface area contributed by atoms with Crippen molar-refractivity contribution in [3.05, 3.63) is 29.5 Å². The summed E-state index contributed by atoms with van der Waals surface area (Å²) in [6.07, 6.45) is 4.24. The standard InChI is InChI=1S/C19H28N2O4/c1-12-7-14(11-19(2,3)10-12)20-21-18(22)13-8-15(23-4)17(25-6)16(9-13)24-5/h8-9,11-12,20H,7,10H2,1-6H3,(H,21,22)/t12-/m0/s1. The van der Waals surface area contributed by atoms with Crippen LogP contribution < -0.4 is 25.1 Å². The van der Waals surface area contributed by atoms with E-state index in [0.29, 0.717) is 28.7 Å². The van der Waals surface area contributed by atoms with E-state index >= 15 is 0 Å². The minimum Gasteiger partial charge on any atom is -0.493 e. The van der Waals surface area contributed by atoms with Crippen LogP contribution in [0.5, 0.6) is 17.2 Å². The topological polar surface area (TPSA) is 68.8 Å². The molecule has 0 unspecified atom stereocenters. The van der Waals surface area contributed by atoms with Crippen molar-refractivity contribution >= 4 is 5.91 Å². The molecule has 1 atom stereocenters. The van der Waals surface area contributed by atoms with Crippen molar-refractivity contribution in [2.75, 3.05) is 21.3 Å². The monoisotopic (exact) mass is 348 g/mol. The van der Waals surface area contributed by atoms with Crippen LogP contribution in [-0.4, -0.2) is 27.2 Å². The smallest absolute Gasteiger partial charge is 0.269 e. The number of nitrogens with one attached hydrogen (secondary N) is 2. The second-order valence-electron chi connectivity index (χ2n) is 7.16. The lowest BCUT2D eigenvalue weighted by atomic mass is 9.76. The second-order valence-corrected chi connectivity index (χ2v) is 7.16. The van der Waals surface area contributed by atoms with Gasteiger partial charge in [0.1, 0.15) is 0 Å². The van der Waals surface area contributed by atoms with Crippen LogP contribution >= 0.6 is 0 Å². The van der Waals surface area contributed by atoms with Crippen molar-refractivity contribution in [1.82, 2.24) is 10.9 Å². The molecule has 1 aliphatic rings. The maximum atomic E-state index is 12.5. The minimum absolute atomic E-state index is 0.122. The van der Waals surface area contributed by atoms with Gasteiger partial charge < -0.3 is 19.6 Å². The predicted octanol–water partition coefficient (Wildman–Crippen LogP) is 3.29. The number of methoxy groups -OCH3 is 3. The van der Waals surface area contributed by atoms with Crippen LogP contribution in [0.15, 0.2) is 23.9 Å². The number of amides is 1. The van der Waals surface area contributed by atoms with Gasteiger partial charge in [-0.25, -0.2) is 0 Å². The lowest BCUT2D eigenvalue weighted by Crippen LogP contribution is -2.39. The van der Waals surface area contributed by atoms with E-state index in [1.54, 1.807) is 12.1 Å². The lowest BCUT2D eigenvalue weighted by molar-refractivity contribution is 0.0935. The van der Waals surface area contributed by atoms with Gasteiger partial charge in [-0.3, -0.25) is 10.2 Å². The highest BCUT2D eigenvalue weighted by molar-refractivity contribution is 5.95. The SMILES string of the molecule is COc1cc(C(=O)NNC2=CC(C)(C)C[C@@H](C)C2)cc(OC)c1OC. The molecule has 1 aromatic carbocycles. The van der Waals surface area contributed by atoms with Gasteiger partial charge in [-0.15, -0.1) is 0 Å². The van der Waals surface area contributed by atoms with E-state index in [1.165, 1.54) is 21.3 Å². The summed E-state index contributed by atoms with van der Waals surface area (Å²) < 4.78 is 15.9. The van der Waals surface area contributed by atoms with Crippen molar-refractivity contribution in [2.45, 2.75) is 33.6 Å². The third kappa shape index (κ3) is 4.59. The Kier molecular flexibility index (Phi) is 5.82. The first kappa shape index (κ1) is 19.0. The average Bonchev–Trinajstić information content (AvgIpc) is 2.56. The first-order chi connectivity index (χ1) is 11.8. The normalized spacial score (nSPS) is 18.8. The minimum atomic E-state index is -0.267. The Morgan fingerprint density at radius 3 is 2.20 bits per heavy atom. The molecular formula is C19H28N2O4. The molecule has 6 nitrogen and oxygen atoms in total. The quantitative estimate of drug-likeness (QED) is 0.772. The van der Waals surface area contributed by atoms with Gasteiger partial charge in [-0.2, -0.15) is 0 Å². The number of carbonyl (C=O) groups excluding carboxylic acids is 1. The van der Waals surface area contributed by atoms with Crippen molar-refractivity contribution in [3.8, 4) is 17.2 Å². The summed E-state index contributed by atoms with van der Waals surface area (Å²) in [6.45, 7) is 6.62. The van der Waals surface area contributed by atoms with E-state index in [4.69, 9.17) is 14.2 Å². The fourth-order valence-electron chi connectivity index (χ4n) is 3.44. The molecule has 0 aromatic heterocycles. The van der Waals surface area contributed by atoms with Gasteiger partial charge >= 0.3 is 0 Å². The molecule has 0 aliphatic heterocycles. The third-order valence-corrected chi connectivity index (χ3v) is 4.27. The molecule has 2 N–H and O–H groups in total. The third-order valence-electron chi connectivity index (χ3n) is 4.27. The predicted molar refractivity (Wildman–Crippen MR) is 97.0 cm³/mol. The van der Waals surface area contributed by atoms with Crippen LogP contribution in [0.25, 0.3) is 0 Å². The van der Waals surface area contributed by atoms with Gasteiger partial charge in [0.2, 0.25) is 5.75 Å². The number of rotatable bonds is 6. The maximum absolute atomic E-state index is 12.5. The largest absolute Gasteiger partial charge is 0.493 e. The number of allylic oxidation sites excluding steroid dienone is 2. The highest BCUT2D eigenvalue weighted by Crippen LogP contribution is 2.38. The van der Waals surface area contributed by atoms with Gasteiger partial charge in [0.05, 0.1) is 21.3 Å². The molecular weight excluding hydrogens is 320 g/mol. The highest BCUT2D eigenvalue weighted by Gasteiger charge is 2.25. The molecule has 0 fully saturated rings. The molecule has 2 rings (SSSR count). The molecule has 0 saturated carbocycles. The summed E-state index contributed by atoms with van der Waals surface area (Å²) in [6, 6.07) is 3.25. The first-order valence-corrected chi connectivity index (χ1v) is 8.37. The second kappa shape index (κ2) is 7.68. The Morgan fingerprint density at radius 2 is 1.72 bits per heavy atom. The van der Waals surface area contributed by atoms with E-state index < -0.39 is 0 Å². The number of hydrogen-bond donors (Lipinski definition) is 2. The van der Waals surface area contributed by atoms with Crippen molar-refractivity contribution in [3.63, 3.8) is 0 Å². The zero-order valence-corrected chi connectivity index (χ0v) is 15.9. The maximum Gasteiger partial charge on any atom is 0.269 e. The highest BCUT2D eigenvalue weighted by atomic mass is 16.5. The van der Waals surface area contributed by atoms with Gasteiger partial charge in [0.15, 0.2) is 11.5 Å². The van der Waals surface area contributed by atoms with E-state index in [2.05, 4.69) is 37.7 Å². The Balaban J connectivity index is 2.15. The molecule has 0 bridgehead atoms. The fraction of sp³-hybridized carbons (Fsp3) is 0.526. The van der Waals surface area contributed by atoms with Gasteiger partial charge in [-0.05, 0) is 36.3 Å². The summed E-state index contributed by atoms with van der Waals surface area (Å²) in [4.78, 5) is 12.5. The number of hydrazine groups is 1. The Morgan fingerprint density at radius 1 is 1.12 bits per heavy atom. The summed E-state index contributed by atoms with van der Waals surface area (Å²) in [5.74, 6) is 1.65. The van der Waals surface area contributed by atoms with Crippen molar-refractivity contribution in [2.24, 2.45) is 11.3 Å². The molecule has 0 heterocycles. The van der Waals surface area contributed by atoms with Crippen molar-refractivity contribution < 1.29 is 19.0 Å². The average molecular weight is 348 g/mol. The van der Waals surface area contributed by atoms with Crippen molar-refractivity contribution in [1.29, 1.82) is 0 Å². The van der Waals surface area contributed by atoms with Crippen LogP contribution in [0.2, 0.25) is 0 Å². The summed E-state index contributed by atoms with van der Waals surface area (Å²) in [5.41, 5.74) is 7.39. The molecule has 1 aromatic rings. The van der Waals surface area contributed by atoms with Crippen LogP contribution in [-0.2, 0) is 0 Å². The number of hydrogen-bond acceptors (Lipinski definition) is 5. The van der Waals surface area contributed by atoms with Gasteiger partial charge in [-0.1, -0.05) is 26.8 Å². The van der Waals surface area contributed by atoms with Crippen LogP contribution in [0.4, 0.5) is 0 Å². The zero-order valence-electron chi connectivity index (χ0n) is 15.9. The molecule has 0 radical (unpaired) electrons. The van der Waals surface area contributed by atoms with Crippen LogP contribution in [0.1, 0.15) is 44.0 Å². The summed E-state index contributed by atoms with van der Waals surface area (Å²) in [7, 11) is 4.57. The Hall–Kier alpha value is -2.37. The molecule has 6 heteroatoms. The molecule has 1 amide bonds. The van der Waals surface area contributed by atoms with E-state index in [1.807, 2.05) is 0 Å². The molecule has 0 spiro atoms. The number of carbonyl (C=O) groups is 1. The number of ether oxygens (including phenoxy) is 3. The van der Waals surface area contributed by atoms with Gasteiger partial charge in [0, 0.05) is 11.3 Å². The fourth-order valence-corrected chi connectivity index (χ4v) is 3.44. The summed E-state index contributed by atoms with van der Waals surface area (Å²) in [5, 5.41) is 0. The molecule has 25 heavy (non-hydrogen) atoms. The molecule has 1 aliphatic carbocycles. The first-order valence-electron chi connectivity index (χ1n) is 8.37. The Bertz CT molecular complexity index is 642. The molecule has 0 saturated heterocycles. The number of benzene rings is 1. The summed E-state index contributed by atoms with van der Waals surface area (Å²) >= 11 is 0. The lowest BCUT2D eigenvalue weighted by Gasteiger charge is -2.32. The van der Waals surface area contributed by atoms with Crippen LogP contribution in [0, 0.1) is 11.3 Å².